The van der Waals surface area contributed by atoms with Gasteiger partial charge in [0, 0.05) is 43.1 Å². The van der Waals surface area contributed by atoms with Gasteiger partial charge in [0.05, 0.1) is 17.6 Å². The number of rotatable bonds is 4. The van der Waals surface area contributed by atoms with Crippen LogP contribution >= 0.6 is 11.8 Å². The van der Waals surface area contributed by atoms with Crippen LogP contribution in [0.3, 0.4) is 0 Å². The van der Waals surface area contributed by atoms with Crippen molar-refractivity contribution in [2.24, 2.45) is 0 Å². The van der Waals surface area contributed by atoms with E-state index >= 15 is 0 Å². The second kappa shape index (κ2) is 9.23. The highest BCUT2D eigenvalue weighted by Crippen LogP contribution is 2.57. The van der Waals surface area contributed by atoms with Gasteiger partial charge in [-0.3, -0.25) is 24.3 Å². The van der Waals surface area contributed by atoms with Crippen LogP contribution in [0.5, 0.6) is 0 Å². The summed E-state index contributed by atoms with van der Waals surface area (Å²) in [6, 6.07) is 24.6. The highest BCUT2D eigenvalue weighted by atomic mass is 32.2. The molecular weight excluding hydrogens is 480 g/mol. The molecule has 2 saturated heterocycles. The van der Waals surface area contributed by atoms with Gasteiger partial charge >= 0.3 is 0 Å². The minimum atomic E-state index is -1.08. The van der Waals surface area contributed by atoms with Gasteiger partial charge < -0.3 is 4.90 Å². The van der Waals surface area contributed by atoms with E-state index in [1.165, 1.54) is 17.4 Å². The Hall–Kier alpha value is -3.29. The average Bonchev–Trinajstić information content (AvgIpc) is 3.30. The van der Waals surface area contributed by atoms with E-state index in [2.05, 4.69) is 40.1 Å². The van der Waals surface area contributed by atoms with Gasteiger partial charge in [0.15, 0.2) is 0 Å². The van der Waals surface area contributed by atoms with Crippen LogP contribution < -0.4 is 14.7 Å². The van der Waals surface area contributed by atoms with Crippen LogP contribution in [0, 0.1) is 13.8 Å². The molecule has 0 unspecified atom stereocenters. The third kappa shape index (κ3) is 3.92. The van der Waals surface area contributed by atoms with Gasteiger partial charge in [-0.25, -0.2) is 0 Å². The van der Waals surface area contributed by atoms with Crippen molar-refractivity contribution in [1.82, 2.24) is 4.90 Å². The van der Waals surface area contributed by atoms with Crippen molar-refractivity contribution in [2.75, 3.05) is 47.5 Å². The number of carbonyl (C=O) groups excluding carboxylic acids is 2. The molecule has 190 valence electrons. The molecule has 3 heterocycles. The molecule has 3 aromatic rings. The average molecular weight is 513 g/mol. The number of thioether (sulfide) groups is 1. The monoisotopic (exact) mass is 512 g/mol. The standard InChI is InChI=1S/C30H32N4O2S/c1-21-17-22(2)19-25(18-21)34-28(35)23(3)37-30(34)26-11-7-8-12-27(26)33(29(30)36)20-31-13-15-32(16-14-31)24-9-5-4-6-10-24/h4-12,17-19,23H,13-16,20H2,1-3H3/t23-,30-/m1/s1. The molecular formula is C30H32N4O2S. The maximum absolute atomic E-state index is 14.5. The van der Waals surface area contributed by atoms with Gasteiger partial charge in [-0.05, 0) is 62.2 Å². The van der Waals surface area contributed by atoms with E-state index < -0.39 is 4.87 Å². The Kier molecular flexibility index (Phi) is 6.00. The van der Waals surface area contributed by atoms with Crippen molar-refractivity contribution in [1.29, 1.82) is 0 Å². The van der Waals surface area contributed by atoms with E-state index in [0.29, 0.717) is 6.67 Å². The second-order valence-corrected chi connectivity index (χ2v) is 11.8. The van der Waals surface area contributed by atoms with Gasteiger partial charge in [0.1, 0.15) is 0 Å². The summed E-state index contributed by atoms with van der Waals surface area (Å²) in [4.78, 5) is 35.4. The Balaban J connectivity index is 1.32. The molecule has 0 saturated carbocycles. The zero-order valence-corrected chi connectivity index (χ0v) is 22.4. The van der Waals surface area contributed by atoms with Crippen LogP contribution in [-0.2, 0) is 14.5 Å². The number of hydrogen-bond acceptors (Lipinski definition) is 5. The van der Waals surface area contributed by atoms with E-state index in [1.807, 2.05) is 68.1 Å². The largest absolute Gasteiger partial charge is 0.369 e. The number of aryl methyl sites for hydroxylation is 2. The fourth-order valence-electron chi connectivity index (χ4n) is 5.94. The zero-order valence-electron chi connectivity index (χ0n) is 21.6. The van der Waals surface area contributed by atoms with Crippen LogP contribution in [0.2, 0.25) is 0 Å². The Morgan fingerprint density at radius 1 is 0.838 bits per heavy atom. The summed E-state index contributed by atoms with van der Waals surface area (Å²) in [5.74, 6) is -0.0440. The lowest BCUT2D eigenvalue weighted by atomic mass is 10.0. The molecule has 3 aliphatic heterocycles. The third-order valence-electron chi connectivity index (χ3n) is 7.63. The minimum absolute atomic E-state index is 0.0171. The van der Waals surface area contributed by atoms with Crippen LogP contribution in [0.25, 0.3) is 0 Å². The van der Waals surface area contributed by atoms with Gasteiger partial charge in [-0.1, -0.05) is 42.5 Å². The molecule has 2 atom stereocenters. The summed E-state index contributed by atoms with van der Waals surface area (Å²) in [6.07, 6.45) is 0. The second-order valence-electron chi connectivity index (χ2n) is 10.3. The number of benzene rings is 3. The van der Waals surface area contributed by atoms with Gasteiger partial charge in [0.2, 0.25) is 10.8 Å². The SMILES string of the molecule is Cc1cc(C)cc(N2C(=O)[C@@H](C)S[C@]23C(=O)N(CN2CCN(c4ccccc4)CC2)c2ccccc23)c1. The highest BCUT2D eigenvalue weighted by molar-refractivity contribution is 8.03. The molecule has 3 aromatic carbocycles. The number of amides is 2. The Labute approximate surface area is 222 Å². The first kappa shape index (κ1) is 24.1. The minimum Gasteiger partial charge on any atom is -0.369 e. The van der Waals surface area contributed by atoms with Gasteiger partial charge in [0.25, 0.3) is 5.91 Å². The Bertz CT molecular complexity index is 1330. The molecule has 37 heavy (non-hydrogen) atoms. The first-order valence-corrected chi connectivity index (χ1v) is 13.8. The lowest BCUT2D eigenvalue weighted by Gasteiger charge is -2.38. The van der Waals surface area contributed by atoms with Crippen molar-refractivity contribution < 1.29 is 9.59 Å². The fraction of sp³-hybridized carbons (Fsp3) is 0.333. The van der Waals surface area contributed by atoms with E-state index in [0.717, 1.165) is 54.2 Å². The van der Waals surface area contributed by atoms with Crippen LogP contribution in [0.15, 0.2) is 72.8 Å². The number of para-hydroxylation sites is 2. The predicted molar refractivity (Wildman–Crippen MR) is 151 cm³/mol. The number of hydrogen-bond donors (Lipinski definition) is 0. The first-order chi connectivity index (χ1) is 17.9. The molecule has 1 spiro atoms. The van der Waals surface area contributed by atoms with Crippen molar-refractivity contribution >= 4 is 40.6 Å². The maximum atomic E-state index is 14.5. The number of fused-ring (bicyclic) bond motifs is 2. The summed E-state index contributed by atoms with van der Waals surface area (Å²) < 4.78 is 0. The molecule has 0 bridgehead atoms. The van der Waals surface area contributed by atoms with Crippen molar-refractivity contribution in [2.45, 2.75) is 30.9 Å². The van der Waals surface area contributed by atoms with Crippen molar-refractivity contribution in [3.8, 4) is 0 Å². The normalized spacial score (nSPS) is 23.9. The number of carbonyl (C=O) groups is 2. The Morgan fingerprint density at radius 3 is 2.19 bits per heavy atom. The summed E-state index contributed by atoms with van der Waals surface area (Å²) >= 11 is 1.47. The van der Waals surface area contributed by atoms with E-state index in [4.69, 9.17) is 0 Å². The molecule has 2 fully saturated rings. The molecule has 3 aliphatic rings. The maximum Gasteiger partial charge on any atom is 0.269 e. The number of nitrogens with zero attached hydrogens (tertiary/aromatic N) is 4. The smallest absolute Gasteiger partial charge is 0.269 e. The summed E-state index contributed by atoms with van der Waals surface area (Å²) in [6.45, 7) is 10.1. The van der Waals surface area contributed by atoms with Gasteiger partial charge in [-0.2, -0.15) is 0 Å². The van der Waals surface area contributed by atoms with Crippen LogP contribution in [0.1, 0.15) is 23.6 Å². The van der Waals surface area contributed by atoms with Crippen LogP contribution in [0.4, 0.5) is 17.1 Å². The Morgan fingerprint density at radius 2 is 1.49 bits per heavy atom. The summed E-state index contributed by atoms with van der Waals surface area (Å²) in [5, 5.41) is -0.313. The first-order valence-electron chi connectivity index (χ1n) is 12.9. The third-order valence-corrected chi connectivity index (χ3v) is 9.10. The molecule has 2 amide bonds. The molecule has 0 radical (unpaired) electrons. The topological polar surface area (TPSA) is 47.1 Å². The lowest BCUT2D eigenvalue weighted by molar-refractivity contribution is -0.124. The molecule has 0 aromatic heterocycles. The van der Waals surface area contributed by atoms with Gasteiger partial charge in [-0.15, -0.1) is 11.8 Å². The quantitative estimate of drug-likeness (QED) is 0.505. The molecule has 6 nitrogen and oxygen atoms in total. The number of piperazine rings is 1. The molecule has 0 N–H and O–H groups in total. The molecule has 6 rings (SSSR count). The van der Waals surface area contributed by atoms with E-state index in [9.17, 15) is 9.59 Å². The predicted octanol–water partition coefficient (Wildman–Crippen LogP) is 4.75. The van der Waals surface area contributed by atoms with Crippen molar-refractivity contribution in [3.63, 3.8) is 0 Å². The zero-order chi connectivity index (χ0) is 25.7. The molecule has 0 aliphatic carbocycles. The number of anilines is 3. The summed E-state index contributed by atoms with van der Waals surface area (Å²) in [5.41, 5.74) is 6.00. The fourth-order valence-corrected chi connectivity index (χ4v) is 7.47. The van der Waals surface area contributed by atoms with E-state index in [-0.39, 0.29) is 17.1 Å². The highest BCUT2D eigenvalue weighted by Gasteiger charge is 2.63. The lowest BCUT2D eigenvalue weighted by Crippen LogP contribution is -2.54. The van der Waals surface area contributed by atoms with Crippen molar-refractivity contribution in [3.05, 3.63) is 89.5 Å². The van der Waals surface area contributed by atoms with Crippen LogP contribution in [-0.4, -0.2) is 54.8 Å². The summed E-state index contributed by atoms with van der Waals surface area (Å²) in [7, 11) is 0. The molecule has 7 heteroatoms. The van der Waals surface area contributed by atoms with E-state index in [1.54, 1.807) is 4.90 Å².